The second-order valence-electron chi connectivity index (χ2n) is 6.34. The number of alkyl halides is 3. The van der Waals surface area contributed by atoms with Crippen LogP contribution in [0.25, 0.3) is 22.6 Å². The fraction of sp³-hybridized carbons (Fsp3) is 0.167. The molecular formula is C18H13F3N4O5. The number of nitro benzene ring substituents is 1. The Kier molecular flexibility index (Phi) is 4.94. The number of hydrogen-bond donors (Lipinski definition) is 2. The third kappa shape index (κ3) is 3.54. The van der Waals surface area contributed by atoms with E-state index in [1.165, 1.54) is 19.9 Å². The smallest absolute Gasteiger partial charge is 0.417 e. The van der Waals surface area contributed by atoms with Crippen molar-refractivity contribution in [2.45, 2.75) is 20.0 Å². The molecule has 2 aromatic heterocycles. The summed E-state index contributed by atoms with van der Waals surface area (Å²) in [4.78, 5) is 18.0. The van der Waals surface area contributed by atoms with Crippen LogP contribution in [0.2, 0.25) is 0 Å². The summed E-state index contributed by atoms with van der Waals surface area (Å²) in [6, 6.07) is 3.81. The van der Waals surface area contributed by atoms with Crippen molar-refractivity contribution in [1.29, 1.82) is 0 Å². The molecule has 0 aliphatic rings. The maximum Gasteiger partial charge on any atom is 0.417 e. The van der Waals surface area contributed by atoms with Crippen molar-refractivity contribution in [3.05, 3.63) is 62.7 Å². The van der Waals surface area contributed by atoms with Crippen LogP contribution in [0.3, 0.4) is 0 Å². The summed E-state index contributed by atoms with van der Waals surface area (Å²) in [7, 11) is 0. The Bertz CT molecular complexity index is 1180. The number of pyridine rings is 1. The van der Waals surface area contributed by atoms with Gasteiger partial charge in [-0.2, -0.15) is 17.9 Å². The molecule has 0 unspecified atom stereocenters. The third-order valence-electron chi connectivity index (χ3n) is 4.36. The summed E-state index contributed by atoms with van der Waals surface area (Å²) in [6.07, 6.45) is -3.68. The van der Waals surface area contributed by atoms with Gasteiger partial charge >= 0.3 is 11.9 Å². The van der Waals surface area contributed by atoms with Crippen molar-refractivity contribution in [2.75, 3.05) is 0 Å². The first-order chi connectivity index (χ1) is 13.9. The van der Waals surface area contributed by atoms with Crippen molar-refractivity contribution in [1.82, 2.24) is 9.97 Å². The number of rotatable bonds is 3. The molecule has 0 saturated heterocycles. The van der Waals surface area contributed by atoms with E-state index in [0.29, 0.717) is 10.8 Å². The lowest BCUT2D eigenvalue weighted by Crippen LogP contribution is -2.36. The van der Waals surface area contributed by atoms with Gasteiger partial charge in [0, 0.05) is 37.7 Å². The van der Waals surface area contributed by atoms with Gasteiger partial charge in [0.1, 0.15) is 0 Å². The van der Waals surface area contributed by atoms with Crippen LogP contribution in [0.1, 0.15) is 17.0 Å². The van der Waals surface area contributed by atoms with E-state index in [2.05, 4.69) is 9.97 Å². The Balaban J connectivity index is 2.26. The number of benzene rings is 1. The van der Waals surface area contributed by atoms with E-state index in [-0.39, 0.29) is 22.6 Å². The highest BCUT2D eigenvalue weighted by Gasteiger charge is 2.38. The van der Waals surface area contributed by atoms with Crippen LogP contribution in [0, 0.1) is 29.2 Å². The Labute approximate surface area is 166 Å². The average Bonchev–Trinajstić information content (AvgIpc) is 2.67. The van der Waals surface area contributed by atoms with Gasteiger partial charge in [-0.1, -0.05) is 0 Å². The molecule has 0 amide bonds. The van der Waals surface area contributed by atoms with Crippen LogP contribution in [0.4, 0.5) is 18.9 Å². The van der Waals surface area contributed by atoms with E-state index in [9.17, 15) is 38.7 Å². The minimum absolute atomic E-state index is 0.0472. The van der Waals surface area contributed by atoms with Gasteiger partial charge in [-0.05, 0) is 12.1 Å². The molecule has 3 aromatic rings. The number of hydrogen-bond acceptors (Lipinski definition) is 7. The largest absolute Gasteiger partial charge is 0.618 e. The van der Waals surface area contributed by atoms with Gasteiger partial charge in [-0.15, -0.1) is 0 Å². The quantitative estimate of drug-likeness (QED) is 0.217. The van der Waals surface area contributed by atoms with Crippen LogP contribution in [-0.4, -0.2) is 25.1 Å². The molecule has 0 atom stereocenters. The molecule has 0 fully saturated rings. The number of nitro groups is 1. The normalized spacial score (nSPS) is 11.5. The lowest BCUT2D eigenvalue weighted by molar-refractivity contribution is -0.618. The van der Waals surface area contributed by atoms with Gasteiger partial charge in [0.25, 0.3) is 0 Å². The standard InChI is InChI=1S/C18H13F3N4O5/c1-8-5-11(18(19,20)21)15(9(2)24(8)28)17-22-4-3-12(23-17)10-6-13(25(29)30)16(27)14(26)7-10/h3-7,26-27H,1-2H3. The first kappa shape index (κ1) is 20.8. The first-order valence-corrected chi connectivity index (χ1v) is 8.27. The summed E-state index contributed by atoms with van der Waals surface area (Å²) in [5, 5.41) is 42.6. The number of phenols is 2. The van der Waals surface area contributed by atoms with E-state index in [0.717, 1.165) is 18.3 Å². The molecule has 0 spiro atoms. The number of phenolic OH excluding ortho intramolecular Hbond substituents is 2. The molecule has 3 rings (SSSR count). The van der Waals surface area contributed by atoms with Crippen LogP contribution < -0.4 is 4.73 Å². The summed E-state index contributed by atoms with van der Waals surface area (Å²) >= 11 is 0. The van der Waals surface area contributed by atoms with Crippen LogP contribution >= 0.6 is 0 Å². The van der Waals surface area contributed by atoms with Gasteiger partial charge in [0.05, 0.1) is 21.7 Å². The van der Waals surface area contributed by atoms with Gasteiger partial charge in [0.15, 0.2) is 17.3 Å². The SMILES string of the molecule is Cc1cc(C(F)(F)F)c(-c2nccc(-c3cc(O)c(O)c([N+](=O)[O-])c3)n2)c(C)[n+]1[O-]. The van der Waals surface area contributed by atoms with Crippen molar-refractivity contribution >= 4 is 5.69 Å². The van der Waals surface area contributed by atoms with Crippen molar-refractivity contribution in [2.24, 2.45) is 0 Å². The second-order valence-corrected chi connectivity index (χ2v) is 6.34. The van der Waals surface area contributed by atoms with Gasteiger partial charge in [-0.25, -0.2) is 9.97 Å². The van der Waals surface area contributed by atoms with Crippen molar-refractivity contribution in [3.63, 3.8) is 0 Å². The number of halogens is 3. The van der Waals surface area contributed by atoms with E-state index in [4.69, 9.17) is 0 Å². The molecular weight excluding hydrogens is 409 g/mol. The predicted octanol–water partition coefficient (Wildman–Crippen LogP) is 3.40. The molecule has 156 valence electrons. The number of nitrogens with zero attached hydrogens (tertiary/aromatic N) is 4. The molecule has 2 heterocycles. The molecule has 12 heteroatoms. The molecule has 9 nitrogen and oxygen atoms in total. The average molecular weight is 422 g/mol. The lowest BCUT2D eigenvalue weighted by atomic mass is 10.0. The van der Waals surface area contributed by atoms with E-state index in [1.54, 1.807) is 0 Å². The Hall–Kier alpha value is -3.96. The zero-order chi connectivity index (χ0) is 22.4. The Morgan fingerprint density at radius 3 is 2.43 bits per heavy atom. The molecule has 0 bridgehead atoms. The molecule has 0 radical (unpaired) electrons. The number of aryl methyl sites for hydroxylation is 1. The van der Waals surface area contributed by atoms with Crippen molar-refractivity contribution in [3.8, 4) is 34.1 Å². The molecule has 0 aliphatic carbocycles. The third-order valence-corrected chi connectivity index (χ3v) is 4.36. The fourth-order valence-electron chi connectivity index (χ4n) is 2.94. The summed E-state index contributed by atoms with van der Waals surface area (Å²) in [5.74, 6) is -2.20. The topological polar surface area (TPSA) is 136 Å². The van der Waals surface area contributed by atoms with Crippen LogP contribution in [-0.2, 0) is 6.18 Å². The zero-order valence-electron chi connectivity index (χ0n) is 15.4. The molecule has 2 N–H and O–H groups in total. The van der Waals surface area contributed by atoms with Crippen molar-refractivity contribution < 1.29 is 33.0 Å². The number of aromatic hydroxyl groups is 2. The number of aromatic nitrogens is 3. The molecule has 0 aliphatic heterocycles. The first-order valence-electron chi connectivity index (χ1n) is 8.27. The summed E-state index contributed by atoms with van der Waals surface area (Å²) in [6.45, 7) is 2.42. The fourth-order valence-corrected chi connectivity index (χ4v) is 2.94. The molecule has 0 saturated carbocycles. The van der Waals surface area contributed by atoms with Crippen LogP contribution in [0.5, 0.6) is 11.5 Å². The maximum absolute atomic E-state index is 13.6. The Morgan fingerprint density at radius 1 is 1.17 bits per heavy atom. The molecule has 30 heavy (non-hydrogen) atoms. The Morgan fingerprint density at radius 2 is 1.83 bits per heavy atom. The highest BCUT2D eigenvalue weighted by molar-refractivity contribution is 5.72. The lowest BCUT2D eigenvalue weighted by Gasteiger charge is -2.16. The summed E-state index contributed by atoms with van der Waals surface area (Å²) < 4.78 is 41.1. The van der Waals surface area contributed by atoms with Crippen LogP contribution in [0.15, 0.2) is 30.5 Å². The highest BCUT2D eigenvalue weighted by Crippen LogP contribution is 2.40. The van der Waals surface area contributed by atoms with E-state index >= 15 is 0 Å². The predicted molar refractivity (Wildman–Crippen MR) is 96.3 cm³/mol. The van der Waals surface area contributed by atoms with Gasteiger partial charge < -0.3 is 15.4 Å². The minimum Gasteiger partial charge on any atom is -0.618 e. The van der Waals surface area contributed by atoms with Gasteiger partial charge in [-0.3, -0.25) is 10.1 Å². The minimum atomic E-state index is -4.80. The summed E-state index contributed by atoms with van der Waals surface area (Å²) in [5.41, 5.74) is -3.02. The monoisotopic (exact) mass is 422 g/mol. The van der Waals surface area contributed by atoms with Gasteiger partial charge in [0.2, 0.25) is 11.4 Å². The molecule has 1 aromatic carbocycles. The maximum atomic E-state index is 13.6. The van der Waals surface area contributed by atoms with E-state index in [1.807, 2.05) is 0 Å². The second kappa shape index (κ2) is 7.13. The van der Waals surface area contributed by atoms with E-state index < -0.39 is 45.2 Å². The zero-order valence-corrected chi connectivity index (χ0v) is 15.4. The highest BCUT2D eigenvalue weighted by atomic mass is 19.4.